The minimum atomic E-state index is 0.163. The Labute approximate surface area is 119 Å². The zero-order chi connectivity index (χ0) is 14.7. The predicted octanol–water partition coefficient (Wildman–Crippen LogP) is 1.84. The summed E-state index contributed by atoms with van der Waals surface area (Å²) in [5.74, 6) is 1.19. The highest BCUT2D eigenvalue weighted by molar-refractivity contribution is 5.77. The molecule has 1 aromatic rings. The topological polar surface area (TPSA) is 66.6 Å². The Morgan fingerprint density at radius 2 is 2.20 bits per heavy atom. The second-order valence-electron chi connectivity index (χ2n) is 5.82. The highest BCUT2D eigenvalue weighted by Gasteiger charge is 2.28. The summed E-state index contributed by atoms with van der Waals surface area (Å²) in [6.45, 7) is 6.71. The fraction of sp³-hybridized carbons (Fsp3) is 0.733. The predicted molar refractivity (Wildman–Crippen MR) is 75.3 cm³/mol. The van der Waals surface area contributed by atoms with Gasteiger partial charge in [-0.25, -0.2) is 0 Å². The molecule has 2 atom stereocenters. The van der Waals surface area contributed by atoms with Crippen molar-refractivity contribution in [1.82, 2.24) is 10.1 Å². The molecule has 0 radical (unpaired) electrons. The van der Waals surface area contributed by atoms with Crippen molar-refractivity contribution in [2.24, 2.45) is 5.92 Å². The van der Waals surface area contributed by atoms with E-state index in [1.807, 2.05) is 18.7 Å². The monoisotopic (exact) mass is 280 g/mol. The molecule has 1 saturated heterocycles. The molecule has 1 aliphatic rings. The van der Waals surface area contributed by atoms with Crippen LogP contribution in [0.2, 0.25) is 0 Å². The lowest BCUT2D eigenvalue weighted by Gasteiger charge is -2.37. The Hall–Kier alpha value is -1.36. The van der Waals surface area contributed by atoms with Crippen molar-refractivity contribution in [2.75, 3.05) is 13.2 Å². The Balaban J connectivity index is 1.94. The van der Waals surface area contributed by atoms with Crippen molar-refractivity contribution in [2.45, 2.75) is 52.5 Å². The smallest absolute Gasteiger partial charge is 0.223 e. The fourth-order valence-corrected chi connectivity index (χ4v) is 2.91. The van der Waals surface area contributed by atoms with E-state index in [2.05, 4.69) is 12.1 Å². The molecule has 1 fully saturated rings. The first-order valence-corrected chi connectivity index (χ1v) is 7.35. The summed E-state index contributed by atoms with van der Waals surface area (Å²) in [6, 6.07) is 0.273. The second-order valence-corrected chi connectivity index (χ2v) is 5.82. The van der Waals surface area contributed by atoms with Gasteiger partial charge in [0, 0.05) is 31.2 Å². The molecule has 0 bridgehead atoms. The Bertz CT molecular complexity index is 450. The third-order valence-corrected chi connectivity index (χ3v) is 4.33. The van der Waals surface area contributed by atoms with Crippen LogP contribution in [-0.2, 0) is 11.2 Å². The number of aliphatic hydroxyl groups excluding tert-OH is 1. The largest absolute Gasteiger partial charge is 0.396 e. The van der Waals surface area contributed by atoms with Gasteiger partial charge in [-0.2, -0.15) is 0 Å². The zero-order valence-electron chi connectivity index (χ0n) is 12.6. The van der Waals surface area contributed by atoms with Gasteiger partial charge in [-0.05, 0) is 46.0 Å². The normalized spacial score (nSPS) is 23.1. The van der Waals surface area contributed by atoms with E-state index >= 15 is 0 Å². The number of rotatable bonds is 4. The van der Waals surface area contributed by atoms with Crippen LogP contribution in [0.25, 0.3) is 0 Å². The molecule has 1 aliphatic heterocycles. The van der Waals surface area contributed by atoms with Gasteiger partial charge in [0.05, 0.1) is 5.69 Å². The van der Waals surface area contributed by atoms with Gasteiger partial charge < -0.3 is 14.5 Å². The lowest BCUT2D eigenvalue weighted by Crippen LogP contribution is -2.46. The average Bonchev–Trinajstić information content (AvgIpc) is 2.76. The third-order valence-electron chi connectivity index (χ3n) is 4.33. The van der Waals surface area contributed by atoms with Gasteiger partial charge in [0.25, 0.3) is 0 Å². The van der Waals surface area contributed by atoms with Crippen molar-refractivity contribution in [3.05, 3.63) is 17.0 Å². The minimum absolute atomic E-state index is 0.163. The van der Waals surface area contributed by atoms with E-state index in [4.69, 9.17) is 4.52 Å². The van der Waals surface area contributed by atoms with Gasteiger partial charge in [0.15, 0.2) is 0 Å². The summed E-state index contributed by atoms with van der Waals surface area (Å²) >= 11 is 0. The summed E-state index contributed by atoms with van der Waals surface area (Å²) < 4.78 is 5.12. The van der Waals surface area contributed by atoms with Crippen LogP contribution in [0.4, 0.5) is 0 Å². The minimum Gasteiger partial charge on any atom is -0.396 e. The van der Waals surface area contributed by atoms with E-state index in [9.17, 15) is 9.90 Å². The molecule has 2 rings (SSSR count). The van der Waals surface area contributed by atoms with Crippen LogP contribution in [0.5, 0.6) is 0 Å². The number of aryl methyl sites for hydroxylation is 2. The number of carbonyl (C=O) groups is 1. The fourth-order valence-electron chi connectivity index (χ4n) is 2.91. The zero-order valence-corrected chi connectivity index (χ0v) is 12.6. The van der Waals surface area contributed by atoms with Crippen LogP contribution >= 0.6 is 0 Å². The molecular formula is C15H24N2O3. The van der Waals surface area contributed by atoms with E-state index in [1.165, 1.54) is 0 Å². The van der Waals surface area contributed by atoms with Gasteiger partial charge in [-0.1, -0.05) is 5.16 Å². The number of aliphatic hydroxyl groups is 1. The number of hydrogen-bond donors (Lipinski definition) is 1. The summed E-state index contributed by atoms with van der Waals surface area (Å²) in [7, 11) is 0. The summed E-state index contributed by atoms with van der Waals surface area (Å²) in [5.41, 5.74) is 1.91. The van der Waals surface area contributed by atoms with E-state index in [1.54, 1.807) is 0 Å². The van der Waals surface area contributed by atoms with Crippen molar-refractivity contribution in [3.63, 3.8) is 0 Å². The maximum absolute atomic E-state index is 12.4. The first-order valence-electron chi connectivity index (χ1n) is 7.35. The van der Waals surface area contributed by atoms with Crippen LogP contribution in [0.3, 0.4) is 0 Å². The molecule has 0 spiro atoms. The standard InChI is InChI=1S/C15H24N2O3/c1-10-4-5-13(9-18)8-17(10)15(19)7-6-14-11(2)16-20-12(14)3/h10,13,18H,4-9H2,1-3H3. The number of piperidine rings is 1. The number of hydrogen-bond acceptors (Lipinski definition) is 4. The van der Waals surface area contributed by atoms with Crippen LogP contribution in [0.1, 0.15) is 43.2 Å². The number of likely N-dealkylation sites (tertiary alicyclic amines) is 1. The van der Waals surface area contributed by atoms with Gasteiger partial charge >= 0.3 is 0 Å². The molecule has 5 nitrogen and oxygen atoms in total. The van der Waals surface area contributed by atoms with Gasteiger partial charge in [0.2, 0.25) is 5.91 Å². The summed E-state index contributed by atoms with van der Waals surface area (Å²) in [6.07, 6.45) is 3.13. The van der Waals surface area contributed by atoms with Crippen LogP contribution in [0, 0.1) is 19.8 Å². The molecule has 0 saturated carbocycles. The van der Waals surface area contributed by atoms with Crippen molar-refractivity contribution >= 4 is 5.91 Å². The van der Waals surface area contributed by atoms with Crippen molar-refractivity contribution in [3.8, 4) is 0 Å². The van der Waals surface area contributed by atoms with Crippen molar-refractivity contribution in [1.29, 1.82) is 0 Å². The second kappa shape index (κ2) is 6.39. The maximum Gasteiger partial charge on any atom is 0.223 e. The number of nitrogens with zero attached hydrogens (tertiary/aromatic N) is 2. The lowest BCUT2D eigenvalue weighted by molar-refractivity contribution is -0.135. The Morgan fingerprint density at radius 1 is 1.45 bits per heavy atom. The molecular weight excluding hydrogens is 256 g/mol. The number of aromatic nitrogens is 1. The average molecular weight is 280 g/mol. The molecule has 0 aromatic carbocycles. The highest BCUT2D eigenvalue weighted by Crippen LogP contribution is 2.23. The van der Waals surface area contributed by atoms with Crippen molar-refractivity contribution < 1.29 is 14.4 Å². The maximum atomic E-state index is 12.4. The highest BCUT2D eigenvalue weighted by atomic mass is 16.5. The molecule has 1 aromatic heterocycles. The molecule has 0 aliphatic carbocycles. The van der Waals surface area contributed by atoms with E-state index in [0.29, 0.717) is 19.4 Å². The van der Waals surface area contributed by atoms with Gasteiger partial charge in [-0.15, -0.1) is 0 Å². The molecule has 5 heteroatoms. The molecule has 2 heterocycles. The van der Waals surface area contributed by atoms with Crippen LogP contribution < -0.4 is 0 Å². The molecule has 1 amide bonds. The SMILES string of the molecule is Cc1noc(C)c1CCC(=O)N1CC(CO)CCC1C. The van der Waals surface area contributed by atoms with Crippen LogP contribution in [0.15, 0.2) is 4.52 Å². The van der Waals surface area contributed by atoms with E-state index in [0.717, 1.165) is 29.9 Å². The Kier molecular flexibility index (Phi) is 4.81. The number of carbonyl (C=O) groups excluding carboxylic acids is 1. The molecule has 112 valence electrons. The van der Waals surface area contributed by atoms with Crippen LogP contribution in [-0.4, -0.2) is 40.3 Å². The molecule has 1 N–H and O–H groups in total. The first kappa shape index (κ1) is 15.0. The Morgan fingerprint density at radius 3 is 2.80 bits per heavy atom. The third kappa shape index (κ3) is 3.20. The van der Waals surface area contributed by atoms with E-state index in [-0.39, 0.29) is 24.5 Å². The first-order chi connectivity index (χ1) is 9.52. The number of amides is 1. The van der Waals surface area contributed by atoms with Gasteiger partial charge in [-0.3, -0.25) is 4.79 Å². The molecule has 20 heavy (non-hydrogen) atoms. The molecule has 2 unspecified atom stereocenters. The summed E-state index contributed by atoms with van der Waals surface area (Å²) in [4.78, 5) is 14.3. The quantitative estimate of drug-likeness (QED) is 0.914. The lowest BCUT2D eigenvalue weighted by atomic mass is 9.93. The summed E-state index contributed by atoms with van der Waals surface area (Å²) in [5, 5.41) is 13.2. The van der Waals surface area contributed by atoms with E-state index < -0.39 is 0 Å². The van der Waals surface area contributed by atoms with Gasteiger partial charge in [0.1, 0.15) is 5.76 Å².